The van der Waals surface area contributed by atoms with E-state index in [0.29, 0.717) is 25.3 Å². The summed E-state index contributed by atoms with van der Waals surface area (Å²) < 4.78 is 0. The van der Waals surface area contributed by atoms with E-state index < -0.39 is 0 Å². The molecule has 1 amide bonds. The van der Waals surface area contributed by atoms with Crippen LogP contribution in [-0.4, -0.2) is 26.8 Å². The molecule has 2 heterocycles. The summed E-state index contributed by atoms with van der Waals surface area (Å²) >= 11 is 0. The number of aromatic nitrogens is 2. The Morgan fingerprint density at radius 2 is 1.60 bits per heavy atom. The molecule has 5 rings (SSSR count). The molecule has 4 aromatic rings. The van der Waals surface area contributed by atoms with E-state index in [1.54, 1.807) is 0 Å². The second-order valence-corrected chi connectivity index (χ2v) is 7.67. The first-order valence-corrected chi connectivity index (χ1v) is 10.1. The largest absolute Gasteiger partial charge is 0.368 e. The first kappa shape index (κ1) is 18.5. The predicted molar refractivity (Wildman–Crippen MR) is 117 cm³/mol. The first-order chi connectivity index (χ1) is 14.7. The number of fused-ring (bicyclic) bond motifs is 2. The second-order valence-electron chi connectivity index (χ2n) is 7.67. The zero-order valence-corrected chi connectivity index (χ0v) is 16.5. The lowest BCUT2D eigenvalue weighted by atomic mass is 9.93. The molecule has 0 fully saturated rings. The van der Waals surface area contributed by atoms with Gasteiger partial charge in [0.15, 0.2) is 0 Å². The van der Waals surface area contributed by atoms with Gasteiger partial charge in [-0.2, -0.15) is 0 Å². The minimum absolute atomic E-state index is 0.312. The van der Waals surface area contributed by atoms with Crippen LogP contribution in [0, 0.1) is 0 Å². The molecule has 0 unspecified atom stereocenters. The lowest BCUT2D eigenvalue weighted by Gasteiger charge is -2.34. The van der Waals surface area contributed by atoms with Crippen molar-refractivity contribution < 1.29 is 4.79 Å². The van der Waals surface area contributed by atoms with Gasteiger partial charge in [-0.15, -0.1) is 0 Å². The van der Waals surface area contributed by atoms with E-state index in [1.165, 1.54) is 11.1 Å². The van der Waals surface area contributed by atoms with Gasteiger partial charge in [-0.3, -0.25) is 9.69 Å². The van der Waals surface area contributed by atoms with Crippen molar-refractivity contribution in [3.05, 3.63) is 95.8 Å². The Kier molecular flexibility index (Phi) is 4.73. The Morgan fingerprint density at radius 1 is 0.900 bits per heavy atom. The standard InChI is InChI=1S/C25H22N4O/c26-25(30)22-14-18-10-4-5-11-19(18)15-29(22)16-23-27-21-13-7-6-12-20(21)24(28-23)17-8-2-1-3-9-17/h1-13,22H,14-16H2,(H2,26,30)/t22-/m0/s1. The number of benzene rings is 3. The zero-order valence-electron chi connectivity index (χ0n) is 16.5. The summed E-state index contributed by atoms with van der Waals surface area (Å²) in [6, 6.07) is 26.0. The lowest BCUT2D eigenvalue weighted by molar-refractivity contribution is -0.124. The quantitative estimate of drug-likeness (QED) is 0.573. The topological polar surface area (TPSA) is 72.1 Å². The van der Waals surface area contributed by atoms with Crippen LogP contribution < -0.4 is 5.73 Å². The van der Waals surface area contributed by atoms with E-state index in [-0.39, 0.29) is 11.9 Å². The molecule has 1 atom stereocenters. The molecule has 5 nitrogen and oxygen atoms in total. The van der Waals surface area contributed by atoms with Crippen molar-refractivity contribution >= 4 is 16.8 Å². The summed E-state index contributed by atoms with van der Waals surface area (Å²) in [6.07, 6.45) is 0.616. The fourth-order valence-electron chi connectivity index (χ4n) is 4.22. The molecule has 0 saturated heterocycles. The first-order valence-electron chi connectivity index (χ1n) is 10.1. The fourth-order valence-corrected chi connectivity index (χ4v) is 4.22. The van der Waals surface area contributed by atoms with Crippen molar-refractivity contribution in [3.63, 3.8) is 0 Å². The molecule has 3 aromatic carbocycles. The summed E-state index contributed by atoms with van der Waals surface area (Å²) in [5, 5.41) is 1.02. The van der Waals surface area contributed by atoms with Crippen molar-refractivity contribution in [1.82, 2.24) is 14.9 Å². The van der Waals surface area contributed by atoms with Crippen LogP contribution in [0.25, 0.3) is 22.2 Å². The van der Waals surface area contributed by atoms with Crippen molar-refractivity contribution in [2.45, 2.75) is 25.6 Å². The van der Waals surface area contributed by atoms with E-state index in [2.05, 4.69) is 29.2 Å². The number of carbonyl (C=O) groups is 1. The van der Waals surface area contributed by atoms with Crippen molar-refractivity contribution in [1.29, 1.82) is 0 Å². The molecule has 0 aliphatic carbocycles. The molecule has 0 radical (unpaired) electrons. The van der Waals surface area contributed by atoms with E-state index in [4.69, 9.17) is 15.7 Å². The average Bonchev–Trinajstić information content (AvgIpc) is 2.78. The Hall–Kier alpha value is -3.57. The van der Waals surface area contributed by atoms with Gasteiger partial charge in [0.2, 0.25) is 5.91 Å². The molecule has 2 N–H and O–H groups in total. The number of hydrogen-bond acceptors (Lipinski definition) is 4. The number of nitrogens with zero attached hydrogens (tertiary/aromatic N) is 3. The summed E-state index contributed by atoms with van der Waals surface area (Å²) in [5.74, 6) is 0.381. The van der Waals surface area contributed by atoms with Crippen LogP contribution in [0.5, 0.6) is 0 Å². The lowest BCUT2D eigenvalue weighted by Crippen LogP contribution is -2.48. The smallest absolute Gasteiger partial charge is 0.235 e. The number of amides is 1. The molecule has 1 aliphatic rings. The summed E-state index contributed by atoms with van der Waals surface area (Å²) in [5.41, 5.74) is 11.0. The third kappa shape index (κ3) is 3.44. The van der Waals surface area contributed by atoms with Gasteiger partial charge >= 0.3 is 0 Å². The van der Waals surface area contributed by atoms with Gasteiger partial charge in [-0.05, 0) is 23.6 Å². The van der Waals surface area contributed by atoms with Gasteiger partial charge < -0.3 is 5.73 Å². The number of para-hydroxylation sites is 1. The van der Waals surface area contributed by atoms with Gasteiger partial charge in [0.05, 0.1) is 23.8 Å². The van der Waals surface area contributed by atoms with Crippen LogP contribution in [0.4, 0.5) is 0 Å². The number of hydrogen-bond donors (Lipinski definition) is 1. The molecule has 0 bridgehead atoms. The molecule has 1 aliphatic heterocycles. The van der Waals surface area contributed by atoms with Gasteiger partial charge in [0.25, 0.3) is 0 Å². The van der Waals surface area contributed by atoms with Crippen LogP contribution in [0.15, 0.2) is 78.9 Å². The Labute approximate surface area is 175 Å². The van der Waals surface area contributed by atoms with E-state index in [9.17, 15) is 4.79 Å². The summed E-state index contributed by atoms with van der Waals surface area (Å²) in [6.45, 7) is 1.12. The maximum Gasteiger partial charge on any atom is 0.235 e. The van der Waals surface area contributed by atoms with Crippen LogP contribution in [0.3, 0.4) is 0 Å². The monoisotopic (exact) mass is 394 g/mol. The highest BCUT2D eigenvalue weighted by atomic mass is 16.1. The van der Waals surface area contributed by atoms with Crippen LogP contribution >= 0.6 is 0 Å². The van der Waals surface area contributed by atoms with Crippen molar-refractivity contribution in [3.8, 4) is 11.3 Å². The van der Waals surface area contributed by atoms with Crippen molar-refractivity contribution in [2.75, 3.05) is 0 Å². The van der Waals surface area contributed by atoms with Gasteiger partial charge in [0, 0.05) is 17.5 Å². The maximum atomic E-state index is 12.2. The van der Waals surface area contributed by atoms with Crippen molar-refractivity contribution in [2.24, 2.45) is 5.73 Å². The predicted octanol–water partition coefficient (Wildman–Crippen LogP) is 3.71. The molecule has 148 valence electrons. The van der Waals surface area contributed by atoms with E-state index >= 15 is 0 Å². The maximum absolute atomic E-state index is 12.2. The number of nitrogens with two attached hydrogens (primary N) is 1. The molecular formula is C25H22N4O. The SMILES string of the molecule is NC(=O)[C@@H]1Cc2ccccc2CN1Cc1nc(-c2ccccc2)c2ccccc2n1. The number of carbonyl (C=O) groups excluding carboxylic acids is 1. The minimum atomic E-state index is -0.366. The third-order valence-electron chi connectivity index (χ3n) is 5.72. The number of primary amides is 1. The van der Waals surface area contributed by atoms with Crippen LogP contribution in [-0.2, 0) is 24.3 Å². The molecule has 30 heavy (non-hydrogen) atoms. The molecule has 1 aromatic heterocycles. The zero-order chi connectivity index (χ0) is 20.5. The summed E-state index contributed by atoms with van der Waals surface area (Å²) in [4.78, 5) is 24.0. The highest BCUT2D eigenvalue weighted by Crippen LogP contribution is 2.28. The highest BCUT2D eigenvalue weighted by Gasteiger charge is 2.30. The third-order valence-corrected chi connectivity index (χ3v) is 5.72. The Morgan fingerprint density at radius 3 is 2.40 bits per heavy atom. The van der Waals surface area contributed by atoms with Gasteiger partial charge in [-0.1, -0.05) is 72.8 Å². The van der Waals surface area contributed by atoms with E-state index in [0.717, 1.165) is 22.2 Å². The van der Waals surface area contributed by atoms with Gasteiger partial charge in [0.1, 0.15) is 5.82 Å². The average molecular weight is 394 g/mol. The molecule has 0 spiro atoms. The molecule has 0 saturated carbocycles. The van der Waals surface area contributed by atoms with Crippen LogP contribution in [0.2, 0.25) is 0 Å². The minimum Gasteiger partial charge on any atom is -0.368 e. The summed E-state index contributed by atoms with van der Waals surface area (Å²) in [7, 11) is 0. The molecule has 5 heteroatoms. The van der Waals surface area contributed by atoms with E-state index in [1.807, 2.05) is 54.6 Å². The Bertz CT molecular complexity index is 1220. The molecular weight excluding hydrogens is 372 g/mol. The Balaban J connectivity index is 1.56. The number of rotatable bonds is 4. The highest BCUT2D eigenvalue weighted by molar-refractivity contribution is 5.92. The normalized spacial score (nSPS) is 16.3. The van der Waals surface area contributed by atoms with Crippen LogP contribution in [0.1, 0.15) is 17.0 Å². The van der Waals surface area contributed by atoms with Gasteiger partial charge in [-0.25, -0.2) is 9.97 Å². The second kappa shape index (κ2) is 7.69. The fraction of sp³-hybridized carbons (Fsp3) is 0.160.